The molecule has 6 nitrogen and oxygen atoms in total. The molecule has 32 heavy (non-hydrogen) atoms. The molecule has 0 unspecified atom stereocenters. The monoisotopic (exact) mass is 442 g/mol. The number of hydrogen-bond donors (Lipinski definition) is 2. The first kappa shape index (κ1) is 22.2. The molecule has 0 aromatic heterocycles. The molecule has 4 rings (SSSR count). The van der Waals surface area contributed by atoms with Gasteiger partial charge in [0.25, 0.3) is 0 Å². The van der Waals surface area contributed by atoms with Crippen LogP contribution in [0.2, 0.25) is 0 Å². The van der Waals surface area contributed by atoms with E-state index < -0.39 is 11.6 Å². The molecule has 0 atom stereocenters. The van der Waals surface area contributed by atoms with Gasteiger partial charge in [0.1, 0.15) is 0 Å². The Morgan fingerprint density at radius 3 is 2.31 bits per heavy atom. The predicted molar refractivity (Wildman–Crippen MR) is 118 cm³/mol. The third kappa shape index (κ3) is 5.82. The Hall–Kier alpha value is -3.00. The Morgan fingerprint density at radius 2 is 1.66 bits per heavy atom. The minimum atomic E-state index is -0.834. The molecule has 3 amide bonds. The summed E-state index contributed by atoms with van der Waals surface area (Å²) in [7, 11) is 0. The molecule has 2 aliphatic heterocycles. The fourth-order valence-corrected chi connectivity index (χ4v) is 4.27. The highest BCUT2D eigenvalue weighted by Gasteiger charge is 2.22. The van der Waals surface area contributed by atoms with Crippen LogP contribution >= 0.6 is 0 Å². The molecule has 2 heterocycles. The van der Waals surface area contributed by atoms with Crippen molar-refractivity contribution < 1.29 is 18.4 Å². The lowest BCUT2D eigenvalue weighted by molar-refractivity contribution is -0.128. The van der Waals surface area contributed by atoms with Crippen molar-refractivity contribution in [2.24, 2.45) is 0 Å². The lowest BCUT2D eigenvalue weighted by Gasteiger charge is -2.32. The number of carbonyl (C=O) groups excluding carboxylic acids is 2. The average molecular weight is 443 g/mol. The van der Waals surface area contributed by atoms with Gasteiger partial charge >= 0.3 is 6.03 Å². The molecule has 2 aromatic carbocycles. The Balaban J connectivity index is 1.19. The fourth-order valence-electron chi connectivity index (χ4n) is 4.27. The number of hydrogen-bond acceptors (Lipinski definition) is 3. The zero-order valence-corrected chi connectivity index (χ0v) is 17.9. The van der Waals surface area contributed by atoms with Crippen molar-refractivity contribution in [3.05, 3.63) is 65.2 Å². The minimum Gasteiger partial charge on any atom is -0.338 e. The fraction of sp³-hybridized carbons (Fsp3) is 0.417. The number of rotatable bonds is 6. The summed E-state index contributed by atoms with van der Waals surface area (Å²) in [6.45, 7) is 3.52. The summed E-state index contributed by atoms with van der Waals surface area (Å²) in [5.74, 6) is -1.46. The molecule has 2 fully saturated rings. The van der Waals surface area contributed by atoms with Crippen molar-refractivity contribution in [2.45, 2.75) is 44.8 Å². The molecule has 2 aliphatic rings. The van der Waals surface area contributed by atoms with Gasteiger partial charge in [0.15, 0.2) is 11.6 Å². The quantitative estimate of drug-likeness (QED) is 0.714. The number of nitrogens with one attached hydrogen (secondary N) is 2. The topological polar surface area (TPSA) is 64.7 Å². The first-order chi connectivity index (χ1) is 15.5. The molecule has 0 saturated carbocycles. The molecule has 170 valence electrons. The van der Waals surface area contributed by atoms with Crippen molar-refractivity contribution in [3.63, 3.8) is 0 Å². The van der Waals surface area contributed by atoms with Crippen molar-refractivity contribution in [1.29, 1.82) is 0 Å². The maximum atomic E-state index is 13.4. The minimum absolute atomic E-state index is 0.0663. The molecule has 0 aliphatic carbocycles. The van der Waals surface area contributed by atoms with E-state index in [1.54, 1.807) is 6.07 Å². The molecule has 2 aromatic rings. The van der Waals surface area contributed by atoms with Gasteiger partial charge in [-0.3, -0.25) is 9.69 Å². The van der Waals surface area contributed by atoms with Gasteiger partial charge in [0.05, 0.1) is 0 Å². The summed E-state index contributed by atoms with van der Waals surface area (Å²) in [5.41, 5.74) is 2.49. The zero-order chi connectivity index (χ0) is 22.5. The van der Waals surface area contributed by atoms with E-state index in [2.05, 4.69) is 15.5 Å². The third-order valence-electron chi connectivity index (χ3n) is 6.07. The van der Waals surface area contributed by atoms with E-state index in [9.17, 15) is 18.4 Å². The van der Waals surface area contributed by atoms with E-state index in [-0.39, 0.29) is 18.0 Å². The predicted octanol–water partition coefficient (Wildman–Crippen LogP) is 3.87. The Kier molecular flexibility index (Phi) is 6.99. The normalized spacial score (nSPS) is 17.6. The molecule has 0 spiro atoms. The Morgan fingerprint density at radius 1 is 0.938 bits per heavy atom. The SMILES string of the molecule is O=C(Nc1ccc(CN2CCCC2=O)cc1)NC1CCN(Cc2ccc(F)c(F)c2)CC1. The summed E-state index contributed by atoms with van der Waals surface area (Å²) >= 11 is 0. The van der Waals surface area contributed by atoms with Gasteiger partial charge in [-0.1, -0.05) is 18.2 Å². The molecule has 8 heteroatoms. The summed E-state index contributed by atoms with van der Waals surface area (Å²) < 4.78 is 26.5. The van der Waals surface area contributed by atoms with Crippen LogP contribution in [0.25, 0.3) is 0 Å². The summed E-state index contributed by atoms with van der Waals surface area (Å²) in [4.78, 5) is 28.1. The van der Waals surface area contributed by atoms with Gasteiger partial charge in [-0.2, -0.15) is 0 Å². The van der Waals surface area contributed by atoms with Crippen LogP contribution in [0.15, 0.2) is 42.5 Å². The van der Waals surface area contributed by atoms with E-state index in [0.717, 1.165) is 56.1 Å². The third-order valence-corrected chi connectivity index (χ3v) is 6.07. The van der Waals surface area contributed by atoms with E-state index in [1.807, 2.05) is 29.2 Å². The van der Waals surface area contributed by atoms with Gasteiger partial charge < -0.3 is 15.5 Å². The second-order valence-corrected chi connectivity index (χ2v) is 8.51. The Bertz CT molecular complexity index is 959. The number of anilines is 1. The lowest BCUT2D eigenvalue weighted by atomic mass is 10.0. The van der Waals surface area contributed by atoms with Crippen molar-refractivity contribution >= 4 is 17.6 Å². The van der Waals surface area contributed by atoms with Gasteiger partial charge in [-0.05, 0) is 54.7 Å². The molecular formula is C24H28F2N4O2. The number of amides is 3. The van der Waals surface area contributed by atoms with Crippen LogP contribution < -0.4 is 10.6 Å². The maximum Gasteiger partial charge on any atom is 0.319 e. The highest BCUT2D eigenvalue weighted by atomic mass is 19.2. The van der Waals surface area contributed by atoms with Crippen LogP contribution in [0.4, 0.5) is 19.3 Å². The van der Waals surface area contributed by atoms with Crippen LogP contribution in [0.1, 0.15) is 36.8 Å². The Labute approximate surface area is 186 Å². The van der Waals surface area contributed by atoms with Crippen LogP contribution in [0, 0.1) is 11.6 Å². The maximum absolute atomic E-state index is 13.4. The lowest BCUT2D eigenvalue weighted by Crippen LogP contribution is -2.45. The molecule has 0 bridgehead atoms. The van der Waals surface area contributed by atoms with Crippen LogP contribution in [0.5, 0.6) is 0 Å². The second-order valence-electron chi connectivity index (χ2n) is 8.51. The van der Waals surface area contributed by atoms with Gasteiger partial charge in [-0.25, -0.2) is 13.6 Å². The van der Waals surface area contributed by atoms with Gasteiger partial charge in [0.2, 0.25) is 5.91 Å². The second kappa shape index (κ2) is 10.1. The van der Waals surface area contributed by atoms with Crippen molar-refractivity contribution in [1.82, 2.24) is 15.1 Å². The molecule has 0 radical (unpaired) electrons. The number of likely N-dealkylation sites (tertiary alicyclic amines) is 2. The average Bonchev–Trinajstić information content (AvgIpc) is 3.18. The van der Waals surface area contributed by atoms with E-state index in [1.165, 1.54) is 6.07 Å². The number of urea groups is 1. The highest BCUT2D eigenvalue weighted by Crippen LogP contribution is 2.18. The first-order valence-corrected chi connectivity index (χ1v) is 11.1. The summed E-state index contributed by atoms with van der Waals surface area (Å²) in [6, 6.07) is 11.4. The molecule has 2 saturated heterocycles. The molecular weight excluding hydrogens is 414 g/mol. The smallest absolute Gasteiger partial charge is 0.319 e. The van der Waals surface area contributed by atoms with E-state index in [0.29, 0.717) is 25.2 Å². The highest BCUT2D eigenvalue weighted by molar-refractivity contribution is 5.89. The number of nitrogens with zero attached hydrogens (tertiary/aromatic N) is 2. The van der Waals surface area contributed by atoms with E-state index in [4.69, 9.17) is 0 Å². The number of piperidine rings is 1. The van der Waals surface area contributed by atoms with E-state index >= 15 is 0 Å². The van der Waals surface area contributed by atoms with Crippen LogP contribution in [-0.4, -0.2) is 47.4 Å². The van der Waals surface area contributed by atoms with Gasteiger partial charge in [-0.15, -0.1) is 0 Å². The van der Waals surface area contributed by atoms with Gasteiger partial charge in [0, 0.05) is 50.9 Å². The molecule has 2 N–H and O–H groups in total. The van der Waals surface area contributed by atoms with Crippen LogP contribution in [-0.2, 0) is 17.9 Å². The summed E-state index contributed by atoms with van der Waals surface area (Å²) in [5, 5.41) is 5.87. The zero-order valence-electron chi connectivity index (χ0n) is 17.9. The first-order valence-electron chi connectivity index (χ1n) is 11.1. The van der Waals surface area contributed by atoms with Crippen molar-refractivity contribution in [2.75, 3.05) is 25.0 Å². The number of halogens is 2. The van der Waals surface area contributed by atoms with Crippen molar-refractivity contribution in [3.8, 4) is 0 Å². The standard InChI is InChI=1S/C24H28F2N4O2/c25-21-8-5-18(14-22(21)26)15-29-12-9-20(10-13-29)28-24(32)27-19-6-3-17(4-7-19)16-30-11-1-2-23(30)31/h3-8,14,20H,1-2,9-13,15-16H2,(H2,27,28,32). The summed E-state index contributed by atoms with van der Waals surface area (Å²) in [6.07, 6.45) is 3.13. The number of carbonyl (C=O) groups is 2. The van der Waals surface area contributed by atoms with Crippen LogP contribution in [0.3, 0.4) is 0 Å². The largest absolute Gasteiger partial charge is 0.338 e. The number of benzene rings is 2.